The van der Waals surface area contributed by atoms with E-state index in [0.717, 1.165) is 103 Å². The molecule has 2 heterocycles. The van der Waals surface area contributed by atoms with Gasteiger partial charge in [0.2, 0.25) is 0 Å². The summed E-state index contributed by atoms with van der Waals surface area (Å²) in [6.45, 7) is 2.26. The van der Waals surface area contributed by atoms with Gasteiger partial charge in [-0.15, -0.1) is 0 Å². The van der Waals surface area contributed by atoms with E-state index in [9.17, 15) is 0 Å². The van der Waals surface area contributed by atoms with E-state index in [-0.39, 0.29) is 0 Å². The summed E-state index contributed by atoms with van der Waals surface area (Å²) in [5.74, 6) is 3.06. The first-order valence-electron chi connectivity index (χ1n) is 22.5. The van der Waals surface area contributed by atoms with E-state index >= 15 is 0 Å². The summed E-state index contributed by atoms with van der Waals surface area (Å²) in [5.41, 5.74) is 15.3. The lowest BCUT2D eigenvalue weighted by atomic mass is 9.83. The van der Waals surface area contributed by atoms with Crippen molar-refractivity contribution in [2.24, 2.45) is 5.92 Å². The Kier molecular flexibility index (Phi) is 10.7. The number of rotatable bonds is 9. The molecule has 5 heteroatoms. The van der Waals surface area contributed by atoms with Crippen molar-refractivity contribution in [2.75, 3.05) is 0 Å². The predicted molar refractivity (Wildman–Crippen MR) is 268 cm³/mol. The van der Waals surface area contributed by atoms with Gasteiger partial charge in [-0.2, -0.15) is 0 Å². The standard InChI is InChI=1S/C60H45N5/c1-40-20-18-29-45(38-40)46-30-19-31-47(39-46)58-63-57(44-27-12-5-13-28-44)64-60(65-58)52-37-36-49(54(41-21-6-2-7-22-41)55(52)42-23-8-3-9-24-42)48-32-14-15-33-50(48)59-61-53-35-17-16-34-51(53)56(62-59)43-25-10-4-11-26-43/h2-4,6-12,14-19,21-40H,5,13,20H2,1H3. The number of para-hydroxylation sites is 1. The molecule has 0 spiro atoms. The lowest BCUT2D eigenvalue weighted by Gasteiger charge is -2.22. The van der Waals surface area contributed by atoms with Gasteiger partial charge in [0.15, 0.2) is 23.3 Å². The summed E-state index contributed by atoms with van der Waals surface area (Å²) in [6, 6.07) is 61.5. The molecule has 1 unspecified atom stereocenters. The molecular formula is C60H45N5. The van der Waals surface area contributed by atoms with Crippen molar-refractivity contribution >= 4 is 22.0 Å². The molecule has 310 valence electrons. The van der Waals surface area contributed by atoms with E-state index in [1.165, 1.54) is 5.57 Å². The maximum absolute atomic E-state index is 5.39. The third-order valence-corrected chi connectivity index (χ3v) is 12.3. The van der Waals surface area contributed by atoms with Crippen LogP contribution in [0.25, 0.3) is 101 Å². The van der Waals surface area contributed by atoms with Gasteiger partial charge < -0.3 is 0 Å². The Hall–Kier alpha value is -8.15. The zero-order valence-electron chi connectivity index (χ0n) is 36.1. The normalized spacial score (nSPS) is 14.6. The maximum Gasteiger partial charge on any atom is 0.164 e. The molecule has 0 saturated carbocycles. The Balaban J connectivity index is 1.16. The van der Waals surface area contributed by atoms with Gasteiger partial charge in [0, 0.05) is 38.8 Å². The van der Waals surface area contributed by atoms with Crippen LogP contribution in [0, 0.1) is 5.92 Å². The molecule has 0 radical (unpaired) electrons. The Morgan fingerprint density at radius 3 is 1.72 bits per heavy atom. The quantitative estimate of drug-likeness (QED) is 0.145. The zero-order valence-corrected chi connectivity index (χ0v) is 36.1. The van der Waals surface area contributed by atoms with Crippen LogP contribution in [0.1, 0.15) is 37.6 Å². The fraction of sp³-hybridized carbons (Fsp3) is 0.0833. The van der Waals surface area contributed by atoms with Gasteiger partial charge in [-0.1, -0.05) is 201 Å². The van der Waals surface area contributed by atoms with Crippen LogP contribution in [0.2, 0.25) is 0 Å². The Morgan fingerprint density at radius 1 is 0.400 bits per heavy atom. The van der Waals surface area contributed by atoms with E-state index < -0.39 is 0 Å². The predicted octanol–water partition coefficient (Wildman–Crippen LogP) is 15.2. The molecular weight excluding hydrogens is 791 g/mol. The average molecular weight is 836 g/mol. The van der Waals surface area contributed by atoms with Gasteiger partial charge in [0.1, 0.15) is 0 Å². The molecule has 65 heavy (non-hydrogen) atoms. The molecule has 9 aromatic rings. The van der Waals surface area contributed by atoms with E-state index in [4.69, 9.17) is 24.9 Å². The highest BCUT2D eigenvalue weighted by atomic mass is 15.0. The summed E-state index contributed by atoms with van der Waals surface area (Å²) in [5, 5.41) is 1.01. The van der Waals surface area contributed by atoms with Crippen LogP contribution < -0.4 is 0 Å². The molecule has 0 saturated heterocycles. The fourth-order valence-corrected chi connectivity index (χ4v) is 9.15. The molecule has 0 fully saturated rings. The van der Waals surface area contributed by atoms with Crippen LogP contribution in [-0.2, 0) is 0 Å². The largest absolute Gasteiger partial charge is 0.228 e. The summed E-state index contributed by atoms with van der Waals surface area (Å²) >= 11 is 0. The Bertz CT molecular complexity index is 3350. The van der Waals surface area contributed by atoms with Gasteiger partial charge in [0.25, 0.3) is 0 Å². The van der Waals surface area contributed by atoms with Crippen LogP contribution in [-0.4, -0.2) is 24.9 Å². The monoisotopic (exact) mass is 835 g/mol. The highest BCUT2D eigenvalue weighted by molar-refractivity contribution is 6.03. The maximum atomic E-state index is 5.39. The van der Waals surface area contributed by atoms with Gasteiger partial charge >= 0.3 is 0 Å². The molecule has 0 aliphatic heterocycles. The van der Waals surface area contributed by atoms with Crippen LogP contribution in [0.3, 0.4) is 0 Å². The number of allylic oxidation sites excluding steroid dienone is 8. The number of fused-ring (bicyclic) bond motifs is 1. The minimum absolute atomic E-state index is 0.482. The number of hydrogen-bond acceptors (Lipinski definition) is 5. The van der Waals surface area contributed by atoms with E-state index in [0.29, 0.717) is 29.2 Å². The first-order chi connectivity index (χ1) is 32.1. The van der Waals surface area contributed by atoms with Crippen molar-refractivity contribution in [3.05, 3.63) is 224 Å². The summed E-state index contributed by atoms with van der Waals surface area (Å²) < 4.78 is 0. The lowest BCUT2D eigenvalue weighted by Crippen LogP contribution is -2.05. The Morgan fingerprint density at radius 2 is 0.985 bits per heavy atom. The van der Waals surface area contributed by atoms with Crippen molar-refractivity contribution < 1.29 is 0 Å². The lowest BCUT2D eigenvalue weighted by molar-refractivity contribution is 0.740. The summed E-state index contributed by atoms with van der Waals surface area (Å²) in [6.07, 6.45) is 16.4. The van der Waals surface area contributed by atoms with Crippen molar-refractivity contribution in [2.45, 2.75) is 26.2 Å². The molecule has 2 aromatic heterocycles. The topological polar surface area (TPSA) is 64.5 Å². The third kappa shape index (κ3) is 7.94. The van der Waals surface area contributed by atoms with Crippen LogP contribution in [0.4, 0.5) is 0 Å². The smallest absolute Gasteiger partial charge is 0.164 e. The molecule has 2 aliphatic rings. The molecule has 0 amide bonds. The van der Waals surface area contributed by atoms with Gasteiger partial charge in [0.05, 0.1) is 11.2 Å². The molecule has 1 atom stereocenters. The number of nitrogens with zero attached hydrogens (tertiary/aromatic N) is 5. The van der Waals surface area contributed by atoms with Gasteiger partial charge in [-0.05, 0) is 82.3 Å². The number of benzene rings is 7. The van der Waals surface area contributed by atoms with E-state index in [1.54, 1.807) is 0 Å². The number of hydrogen-bond donors (Lipinski definition) is 0. The van der Waals surface area contributed by atoms with Crippen molar-refractivity contribution in [3.63, 3.8) is 0 Å². The molecule has 7 aromatic carbocycles. The average Bonchev–Trinajstić information content (AvgIpc) is 3.39. The highest BCUT2D eigenvalue weighted by Gasteiger charge is 2.25. The SMILES string of the molecule is CC1C=C(c2cccc(-c3nc(C4=CCCC=C4)nc(-c4ccc(-c5ccccc5-c5nc(-c6ccccc6)c6ccccc6n5)c(-c5ccccc5)c4-c4ccccc4)n3)c2)C=CC1. The van der Waals surface area contributed by atoms with Crippen molar-refractivity contribution in [3.8, 4) is 78.8 Å². The molecule has 0 N–H and O–H groups in total. The minimum atomic E-state index is 0.482. The first kappa shape index (κ1) is 39.7. The van der Waals surface area contributed by atoms with Gasteiger partial charge in [-0.25, -0.2) is 24.9 Å². The summed E-state index contributed by atoms with van der Waals surface area (Å²) in [4.78, 5) is 26.5. The van der Waals surface area contributed by atoms with Gasteiger partial charge in [-0.3, -0.25) is 0 Å². The highest BCUT2D eigenvalue weighted by Crippen LogP contribution is 2.47. The molecule has 11 rings (SSSR count). The van der Waals surface area contributed by atoms with Crippen molar-refractivity contribution in [1.82, 2.24) is 24.9 Å². The summed E-state index contributed by atoms with van der Waals surface area (Å²) in [7, 11) is 0. The Labute approximate surface area is 380 Å². The van der Waals surface area contributed by atoms with E-state index in [1.807, 2.05) is 12.1 Å². The van der Waals surface area contributed by atoms with Crippen LogP contribution in [0.15, 0.2) is 212 Å². The first-order valence-corrected chi connectivity index (χ1v) is 22.5. The third-order valence-electron chi connectivity index (χ3n) is 12.3. The second-order valence-corrected chi connectivity index (χ2v) is 16.7. The molecule has 5 nitrogen and oxygen atoms in total. The minimum Gasteiger partial charge on any atom is -0.228 e. The zero-order chi connectivity index (χ0) is 43.5. The molecule has 0 bridgehead atoms. The second kappa shape index (κ2) is 17.5. The van der Waals surface area contributed by atoms with E-state index in [2.05, 4.69) is 207 Å². The van der Waals surface area contributed by atoms with Crippen LogP contribution >= 0.6 is 0 Å². The fourth-order valence-electron chi connectivity index (χ4n) is 9.15. The van der Waals surface area contributed by atoms with Crippen molar-refractivity contribution in [1.29, 1.82) is 0 Å². The second-order valence-electron chi connectivity index (χ2n) is 16.7. The number of aromatic nitrogens is 5. The molecule has 2 aliphatic carbocycles. The van der Waals surface area contributed by atoms with Crippen LogP contribution in [0.5, 0.6) is 0 Å².